The van der Waals surface area contributed by atoms with Crippen molar-refractivity contribution in [1.29, 1.82) is 0 Å². The first-order valence-electron chi connectivity index (χ1n) is 14.9. The van der Waals surface area contributed by atoms with Gasteiger partial charge in [0.2, 0.25) is 17.7 Å². The van der Waals surface area contributed by atoms with Crippen LogP contribution in [0.15, 0.2) is 24.3 Å². The molecule has 2 atom stereocenters. The fourth-order valence-corrected chi connectivity index (χ4v) is 4.15. The van der Waals surface area contributed by atoms with E-state index >= 15 is 0 Å². The van der Waals surface area contributed by atoms with Crippen molar-refractivity contribution < 1.29 is 23.9 Å². The number of halogens is 1. The first-order chi connectivity index (χ1) is 19.5. The van der Waals surface area contributed by atoms with Gasteiger partial charge in [-0.05, 0) is 77.6 Å². The summed E-state index contributed by atoms with van der Waals surface area (Å²) in [5.74, 6) is 0.0498. The van der Waals surface area contributed by atoms with Crippen molar-refractivity contribution in [3.05, 3.63) is 24.3 Å². The van der Waals surface area contributed by atoms with Crippen LogP contribution in [0, 0.1) is 5.41 Å². The van der Waals surface area contributed by atoms with Crippen molar-refractivity contribution in [2.75, 3.05) is 36.7 Å². The van der Waals surface area contributed by atoms with Crippen LogP contribution >= 0.6 is 11.6 Å². The summed E-state index contributed by atoms with van der Waals surface area (Å²) < 4.78 is 11.7. The third kappa shape index (κ3) is 17.0. The average Bonchev–Trinajstić information content (AvgIpc) is 2.89. The van der Waals surface area contributed by atoms with Gasteiger partial charge in [-0.25, -0.2) is 0 Å². The van der Waals surface area contributed by atoms with E-state index in [4.69, 9.17) is 34.7 Å². The van der Waals surface area contributed by atoms with E-state index in [9.17, 15) is 14.4 Å². The van der Waals surface area contributed by atoms with Gasteiger partial charge in [0, 0.05) is 66.3 Å². The molecular weight excluding hydrogens is 555 g/mol. The lowest BCUT2D eigenvalue weighted by atomic mass is 9.82. The molecule has 1 aromatic rings. The zero-order valence-electron chi connectivity index (χ0n) is 26.4. The number of carbonyl (C=O) groups is 3. The molecule has 5 N–H and O–H groups in total. The molecule has 0 aliphatic rings. The standard InChI is InChI=1S/C31H52BClN4O5/c1-23(10-8-7-9-19-33)41-20-18-30(4,5)37-27(39)16-15-26(38)35-22-31(6,32)42-21-17-29(2,3)28(40)36-25-13-11-24(34)12-14-25/h11-14,23H,7-10,15-22,34H2,1-6H3,(H,35,38)(H,36,40)(H,37,39). The molecule has 0 aromatic heterocycles. The Morgan fingerprint density at radius 3 is 2.24 bits per heavy atom. The molecule has 0 saturated heterocycles. The summed E-state index contributed by atoms with van der Waals surface area (Å²) in [5.41, 5.74) is 4.68. The number of anilines is 2. The van der Waals surface area contributed by atoms with Crippen LogP contribution in [0.25, 0.3) is 0 Å². The van der Waals surface area contributed by atoms with E-state index in [1.54, 1.807) is 31.2 Å². The Morgan fingerprint density at radius 1 is 0.952 bits per heavy atom. The van der Waals surface area contributed by atoms with E-state index in [-0.39, 0.29) is 49.8 Å². The number of nitrogens with one attached hydrogen (secondary N) is 3. The van der Waals surface area contributed by atoms with Crippen LogP contribution in [-0.4, -0.2) is 68.3 Å². The molecule has 3 amide bonds. The number of hydrogen-bond donors (Lipinski definition) is 4. The second kappa shape index (κ2) is 18.4. The Labute approximate surface area is 259 Å². The SMILES string of the molecule is [B]C(C)(CNC(=O)CCC(=O)NC(C)(C)CCOC(C)CCCCCCl)OCCC(C)(C)C(=O)Nc1ccc(N)cc1. The Morgan fingerprint density at radius 2 is 1.60 bits per heavy atom. The van der Waals surface area contributed by atoms with Crippen LogP contribution in [0.2, 0.25) is 0 Å². The van der Waals surface area contributed by atoms with Gasteiger partial charge in [0.15, 0.2) is 0 Å². The summed E-state index contributed by atoms with van der Waals surface area (Å²) in [7, 11) is 6.21. The summed E-state index contributed by atoms with van der Waals surface area (Å²) in [4.78, 5) is 37.5. The largest absolute Gasteiger partial charge is 0.399 e. The minimum atomic E-state index is -1.13. The van der Waals surface area contributed by atoms with Crippen LogP contribution in [-0.2, 0) is 23.9 Å². The lowest BCUT2D eigenvalue weighted by Crippen LogP contribution is -2.46. The monoisotopic (exact) mass is 606 g/mol. The van der Waals surface area contributed by atoms with Crippen molar-refractivity contribution in [2.24, 2.45) is 5.41 Å². The molecule has 0 aliphatic heterocycles. The van der Waals surface area contributed by atoms with Gasteiger partial charge in [0.05, 0.1) is 6.10 Å². The maximum Gasteiger partial charge on any atom is 0.230 e. The second-order valence-electron chi connectivity index (χ2n) is 12.5. The van der Waals surface area contributed by atoms with Crippen LogP contribution < -0.4 is 21.7 Å². The van der Waals surface area contributed by atoms with Gasteiger partial charge in [0.1, 0.15) is 7.85 Å². The molecule has 0 saturated carbocycles. The van der Waals surface area contributed by atoms with E-state index in [1.165, 1.54) is 0 Å². The number of nitrogen functional groups attached to an aromatic ring is 1. The molecule has 9 nitrogen and oxygen atoms in total. The van der Waals surface area contributed by atoms with Crippen molar-refractivity contribution >= 4 is 48.5 Å². The number of rotatable bonds is 21. The highest BCUT2D eigenvalue weighted by Gasteiger charge is 2.29. The molecule has 1 rings (SSSR count). The van der Waals surface area contributed by atoms with Crippen LogP contribution in [0.1, 0.15) is 92.9 Å². The molecule has 0 heterocycles. The number of carbonyl (C=O) groups excluding carboxylic acids is 3. The van der Waals surface area contributed by atoms with Gasteiger partial charge >= 0.3 is 0 Å². The fraction of sp³-hybridized carbons (Fsp3) is 0.710. The quantitative estimate of drug-likeness (QED) is 0.0681. The Balaban J connectivity index is 2.30. The van der Waals surface area contributed by atoms with Crippen molar-refractivity contribution in [3.8, 4) is 0 Å². The molecule has 0 bridgehead atoms. The van der Waals surface area contributed by atoms with Crippen LogP contribution in [0.3, 0.4) is 0 Å². The number of nitrogens with two attached hydrogens (primary N) is 1. The molecule has 0 spiro atoms. The van der Waals surface area contributed by atoms with Gasteiger partial charge in [-0.15, -0.1) is 11.6 Å². The van der Waals surface area contributed by atoms with E-state index in [0.717, 1.165) is 25.7 Å². The topological polar surface area (TPSA) is 132 Å². The summed E-state index contributed by atoms with van der Waals surface area (Å²) in [6.07, 6.45) is 5.56. The molecule has 0 fully saturated rings. The summed E-state index contributed by atoms with van der Waals surface area (Å²) in [5, 5.41) is 8.60. The van der Waals surface area contributed by atoms with Gasteiger partial charge in [-0.2, -0.15) is 0 Å². The molecule has 11 heteroatoms. The summed E-state index contributed by atoms with van der Waals surface area (Å²) in [6.45, 7) is 12.1. The third-order valence-electron chi connectivity index (χ3n) is 7.01. The maximum atomic E-state index is 12.7. The number of amides is 3. The Kier molecular flexibility index (Phi) is 16.5. The number of unbranched alkanes of at least 4 members (excludes halogenated alkanes) is 2. The second-order valence-corrected chi connectivity index (χ2v) is 12.9. The minimum absolute atomic E-state index is 0.0339. The maximum absolute atomic E-state index is 12.7. The molecule has 236 valence electrons. The lowest BCUT2D eigenvalue weighted by Gasteiger charge is -2.29. The van der Waals surface area contributed by atoms with Crippen molar-refractivity contribution in [3.63, 3.8) is 0 Å². The number of benzene rings is 1. The highest BCUT2D eigenvalue weighted by atomic mass is 35.5. The summed E-state index contributed by atoms with van der Waals surface area (Å²) >= 11 is 5.71. The first kappa shape index (κ1) is 37.7. The van der Waals surface area contributed by atoms with Gasteiger partial charge in [-0.1, -0.05) is 26.7 Å². The average molecular weight is 607 g/mol. The lowest BCUT2D eigenvalue weighted by molar-refractivity contribution is -0.128. The predicted molar refractivity (Wildman–Crippen MR) is 172 cm³/mol. The molecule has 42 heavy (non-hydrogen) atoms. The fourth-order valence-electron chi connectivity index (χ4n) is 3.96. The zero-order valence-corrected chi connectivity index (χ0v) is 27.2. The molecule has 0 aliphatic carbocycles. The molecular formula is C31H52BClN4O5. The summed E-state index contributed by atoms with van der Waals surface area (Å²) in [6, 6.07) is 6.93. The Bertz CT molecular complexity index is 973. The Hall–Kier alpha value is -2.30. The number of hydrogen-bond acceptors (Lipinski definition) is 6. The van der Waals surface area contributed by atoms with Crippen LogP contribution in [0.4, 0.5) is 11.4 Å². The highest BCUT2D eigenvalue weighted by molar-refractivity contribution is 6.17. The molecule has 2 unspecified atom stereocenters. The van der Waals surface area contributed by atoms with Crippen molar-refractivity contribution in [1.82, 2.24) is 10.6 Å². The van der Waals surface area contributed by atoms with E-state index < -0.39 is 16.5 Å². The molecule has 1 aromatic carbocycles. The zero-order chi connectivity index (χ0) is 31.8. The van der Waals surface area contributed by atoms with E-state index in [1.807, 2.05) is 27.7 Å². The number of ether oxygens (including phenoxy) is 2. The van der Waals surface area contributed by atoms with Gasteiger partial charge < -0.3 is 31.2 Å². The van der Waals surface area contributed by atoms with Gasteiger partial charge in [0.25, 0.3) is 0 Å². The normalized spacial score (nSPS) is 14.1. The van der Waals surface area contributed by atoms with E-state index in [2.05, 4.69) is 22.9 Å². The predicted octanol–water partition coefficient (Wildman–Crippen LogP) is 4.91. The third-order valence-corrected chi connectivity index (χ3v) is 7.28. The van der Waals surface area contributed by atoms with Gasteiger partial charge in [-0.3, -0.25) is 14.4 Å². The highest BCUT2D eigenvalue weighted by Crippen LogP contribution is 2.24. The number of alkyl halides is 1. The van der Waals surface area contributed by atoms with Crippen molar-refractivity contribution in [2.45, 2.75) is 110 Å². The first-order valence-corrected chi connectivity index (χ1v) is 15.4. The smallest absolute Gasteiger partial charge is 0.230 e. The minimum Gasteiger partial charge on any atom is -0.399 e. The van der Waals surface area contributed by atoms with Crippen LogP contribution in [0.5, 0.6) is 0 Å². The van der Waals surface area contributed by atoms with E-state index in [0.29, 0.717) is 36.7 Å². The molecule has 2 radical (unpaired) electrons.